The summed E-state index contributed by atoms with van der Waals surface area (Å²) in [6.45, 7) is 4.85. The minimum absolute atomic E-state index is 0.102. The molecule has 0 bridgehead atoms. The molecule has 1 unspecified atom stereocenters. The summed E-state index contributed by atoms with van der Waals surface area (Å²) in [6, 6.07) is 12.0. The van der Waals surface area contributed by atoms with Crippen molar-refractivity contribution in [1.29, 1.82) is 0 Å². The lowest BCUT2D eigenvalue weighted by atomic mass is 9.98. The third-order valence-electron chi connectivity index (χ3n) is 5.63. The van der Waals surface area contributed by atoms with E-state index in [2.05, 4.69) is 11.9 Å². The minimum Gasteiger partial charge on any atom is -0.507 e. The first kappa shape index (κ1) is 22.7. The summed E-state index contributed by atoms with van der Waals surface area (Å²) in [4.78, 5) is 32.6. The number of rotatable bonds is 8. The van der Waals surface area contributed by atoms with Gasteiger partial charge >= 0.3 is 0 Å². The van der Waals surface area contributed by atoms with Gasteiger partial charge in [-0.2, -0.15) is 0 Å². The van der Waals surface area contributed by atoms with Gasteiger partial charge in [0.2, 0.25) is 0 Å². The third-order valence-corrected chi connectivity index (χ3v) is 6.56. The van der Waals surface area contributed by atoms with Crippen molar-refractivity contribution in [3.05, 3.63) is 87.4 Å². The first-order chi connectivity index (χ1) is 16.0. The number of likely N-dealkylation sites (tertiary alicyclic amines) is 1. The van der Waals surface area contributed by atoms with Crippen LogP contribution in [-0.4, -0.2) is 33.3 Å². The van der Waals surface area contributed by atoms with Crippen molar-refractivity contribution >= 4 is 28.8 Å². The van der Waals surface area contributed by atoms with Gasteiger partial charge < -0.3 is 14.7 Å². The number of aromatic nitrogens is 1. The molecule has 0 aliphatic carbocycles. The number of unbranched alkanes of at least 4 members (excludes halogenated alkanes) is 1. The number of aliphatic hydroxyl groups is 1. The Labute approximate surface area is 197 Å². The molecule has 1 aliphatic heterocycles. The second kappa shape index (κ2) is 10.0. The Balaban J connectivity index is 1.73. The molecule has 3 heterocycles. The summed E-state index contributed by atoms with van der Waals surface area (Å²) < 4.78 is 5.81. The summed E-state index contributed by atoms with van der Waals surface area (Å²) in [7, 11) is 0. The third kappa shape index (κ3) is 4.68. The molecule has 7 heteroatoms. The second-order valence-electron chi connectivity index (χ2n) is 7.99. The maximum atomic E-state index is 13.1. The molecule has 1 atom stereocenters. The molecule has 6 nitrogen and oxygen atoms in total. The van der Waals surface area contributed by atoms with Crippen LogP contribution < -0.4 is 4.74 Å². The number of aliphatic hydroxyl groups excluding tert-OH is 1. The van der Waals surface area contributed by atoms with E-state index in [1.165, 1.54) is 16.2 Å². The maximum Gasteiger partial charge on any atom is 0.295 e. The van der Waals surface area contributed by atoms with Crippen LogP contribution in [0.25, 0.3) is 5.76 Å². The van der Waals surface area contributed by atoms with E-state index in [0.29, 0.717) is 12.2 Å². The van der Waals surface area contributed by atoms with Crippen LogP contribution in [0.2, 0.25) is 0 Å². The van der Waals surface area contributed by atoms with Crippen LogP contribution in [0.5, 0.6) is 5.75 Å². The van der Waals surface area contributed by atoms with Crippen LogP contribution in [0.1, 0.15) is 47.4 Å². The van der Waals surface area contributed by atoms with E-state index in [1.54, 1.807) is 36.7 Å². The largest absolute Gasteiger partial charge is 0.507 e. The van der Waals surface area contributed by atoms with Crippen molar-refractivity contribution in [2.75, 3.05) is 6.61 Å². The predicted molar refractivity (Wildman–Crippen MR) is 128 cm³/mol. The molecular weight excluding hydrogens is 436 g/mol. The number of carbonyl (C=O) groups is 2. The van der Waals surface area contributed by atoms with Gasteiger partial charge in [0, 0.05) is 29.4 Å². The van der Waals surface area contributed by atoms with Crippen LogP contribution in [0.3, 0.4) is 0 Å². The fourth-order valence-electron chi connectivity index (χ4n) is 3.91. The van der Waals surface area contributed by atoms with Crippen LogP contribution in [0.15, 0.2) is 65.8 Å². The summed E-state index contributed by atoms with van der Waals surface area (Å²) in [5.74, 6) is -0.749. The van der Waals surface area contributed by atoms with E-state index >= 15 is 0 Å². The predicted octanol–water partition coefficient (Wildman–Crippen LogP) is 5.25. The molecule has 1 aromatic carbocycles. The molecule has 1 aliphatic rings. The second-order valence-corrected chi connectivity index (χ2v) is 8.97. The smallest absolute Gasteiger partial charge is 0.295 e. The van der Waals surface area contributed by atoms with E-state index in [-0.39, 0.29) is 17.9 Å². The number of amides is 1. The molecule has 33 heavy (non-hydrogen) atoms. The Morgan fingerprint density at radius 2 is 2.06 bits per heavy atom. The molecule has 1 amide bonds. The molecule has 1 N–H and O–H groups in total. The Bertz CT molecular complexity index is 1170. The zero-order valence-corrected chi connectivity index (χ0v) is 19.5. The molecule has 3 aromatic rings. The number of hydrogen-bond donors (Lipinski definition) is 1. The number of hydrogen-bond acceptors (Lipinski definition) is 6. The van der Waals surface area contributed by atoms with E-state index in [0.717, 1.165) is 34.6 Å². The molecule has 170 valence electrons. The lowest BCUT2D eigenvalue weighted by Gasteiger charge is -2.24. The summed E-state index contributed by atoms with van der Waals surface area (Å²) in [5, 5.41) is 13.1. The van der Waals surface area contributed by atoms with Gasteiger partial charge in [-0.05, 0) is 60.2 Å². The van der Waals surface area contributed by atoms with Gasteiger partial charge in [-0.3, -0.25) is 14.6 Å². The van der Waals surface area contributed by atoms with Crippen LogP contribution in [0.4, 0.5) is 0 Å². The standard InChI is InChI=1S/C26H26N2O4S/c1-3-4-12-32-20-10-9-19(14-17(20)2)24(29)22-23(21-8-6-13-33-21)28(26(31)25(22)30)16-18-7-5-11-27-15-18/h5-11,13-15,23,29H,3-4,12,16H2,1-2H3. The topological polar surface area (TPSA) is 79.7 Å². The van der Waals surface area contributed by atoms with E-state index in [9.17, 15) is 14.7 Å². The van der Waals surface area contributed by atoms with Crippen molar-refractivity contribution in [3.63, 3.8) is 0 Å². The lowest BCUT2D eigenvalue weighted by molar-refractivity contribution is -0.140. The van der Waals surface area contributed by atoms with E-state index < -0.39 is 17.7 Å². The molecular formula is C26H26N2O4S. The average molecular weight is 463 g/mol. The Morgan fingerprint density at radius 1 is 1.21 bits per heavy atom. The highest BCUT2D eigenvalue weighted by molar-refractivity contribution is 7.10. The summed E-state index contributed by atoms with van der Waals surface area (Å²) in [6.07, 6.45) is 5.33. The SMILES string of the molecule is CCCCOc1ccc(C(O)=C2C(=O)C(=O)N(Cc3cccnc3)C2c2cccs2)cc1C. The normalized spacial score (nSPS) is 17.5. The number of thiophene rings is 1. The summed E-state index contributed by atoms with van der Waals surface area (Å²) >= 11 is 1.44. The molecule has 0 spiro atoms. The summed E-state index contributed by atoms with van der Waals surface area (Å²) in [5.41, 5.74) is 2.25. The molecule has 0 saturated carbocycles. The highest BCUT2D eigenvalue weighted by atomic mass is 32.1. The van der Waals surface area contributed by atoms with Gasteiger partial charge in [-0.15, -0.1) is 11.3 Å². The van der Waals surface area contributed by atoms with Gasteiger partial charge in [0.05, 0.1) is 18.2 Å². The number of aryl methyl sites for hydroxylation is 1. The van der Waals surface area contributed by atoms with Crippen molar-refractivity contribution in [2.45, 2.75) is 39.3 Å². The minimum atomic E-state index is -0.685. The fourth-order valence-corrected chi connectivity index (χ4v) is 4.76. The number of carbonyl (C=O) groups excluding carboxylic acids is 2. The number of benzene rings is 1. The Kier molecular flexibility index (Phi) is 6.89. The molecule has 1 saturated heterocycles. The first-order valence-corrected chi connectivity index (χ1v) is 11.8. The van der Waals surface area contributed by atoms with Gasteiger partial charge in [-0.25, -0.2) is 0 Å². The van der Waals surface area contributed by atoms with Gasteiger partial charge in [-0.1, -0.05) is 25.5 Å². The van der Waals surface area contributed by atoms with Gasteiger partial charge in [0.15, 0.2) is 0 Å². The zero-order chi connectivity index (χ0) is 23.4. The van der Waals surface area contributed by atoms with E-state index in [4.69, 9.17) is 4.74 Å². The van der Waals surface area contributed by atoms with Crippen molar-refractivity contribution in [1.82, 2.24) is 9.88 Å². The van der Waals surface area contributed by atoms with Gasteiger partial charge in [0.25, 0.3) is 11.7 Å². The van der Waals surface area contributed by atoms with Crippen molar-refractivity contribution < 1.29 is 19.4 Å². The van der Waals surface area contributed by atoms with Crippen LogP contribution in [0, 0.1) is 6.92 Å². The average Bonchev–Trinajstić information content (AvgIpc) is 3.43. The lowest BCUT2D eigenvalue weighted by Crippen LogP contribution is -2.28. The molecule has 1 fully saturated rings. The van der Waals surface area contributed by atoms with Crippen LogP contribution in [-0.2, 0) is 16.1 Å². The van der Waals surface area contributed by atoms with Gasteiger partial charge in [0.1, 0.15) is 11.5 Å². The zero-order valence-electron chi connectivity index (χ0n) is 18.7. The number of ketones is 1. The van der Waals surface area contributed by atoms with Crippen molar-refractivity contribution in [3.8, 4) is 5.75 Å². The first-order valence-electron chi connectivity index (χ1n) is 11.0. The monoisotopic (exact) mass is 462 g/mol. The Hall–Kier alpha value is -3.45. The van der Waals surface area contributed by atoms with E-state index in [1.807, 2.05) is 30.5 Å². The number of ether oxygens (including phenoxy) is 1. The molecule has 4 rings (SSSR count). The Morgan fingerprint density at radius 3 is 2.73 bits per heavy atom. The molecule has 0 radical (unpaired) electrons. The number of pyridine rings is 1. The maximum absolute atomic E-state index is 13.1. The fraction of sp³-hybridized carbons (Fsp3) is 0.269. The van der Waals surface area contributed by atoms with Crippen molar-refractivity contribution in [2.24, 2.45) is 0 Å². The highest BCUT2D eigenvalue weighted by Crippen LogP contribution is 2.42. The number of nitrogens with zero attached hydrogens (tertiary/aromatic N) is 2. The quantitative estimate of drug-likeness (QED) is 0.214. The van der Waals surface area contributed by atoms with Crippen LogP contribution >= 0.6 is 11.3 Å². The molecule has 2 aromatic heterocycles. The number of Topliss-reactive ketones (excluding diaryl/α,β-unsaturated/α-hetero) is 1. The highest BCUT2D eigenvalue weighted by Gasteiger charge is 2.46.